The molecule has 2 atom stereocenters. The fraction of sp³-hybridized carbons (Fsp3) is 0.667. The second-order valence-corrected chi connectivity index (χ2v) is 6.10. The SMILES string of the molecule is CN1C2CCC1CN(c1ccc(I)nn1)CC2. The van der Waals surface area contributed by atoms with Gasteiger partial charge in [0.05, 0.1) is 0 Å². The highest BCUT2D eigenvalue weighted by Crippen LogP contribution is 2.29. The van der Waals surface area contributed by atoms with Crippen molar-refractivity contribution in [3.05, 3.63) is 15.8 Å². The Kier molecular flexibility index (Phi) is 3.21. The molecule has 92 valence electrons. The largest absolute Gasteiger partial charge is 0.354 e. The first-order valence-electron chi connectivity index (χ1n) is 6.20. The van der Waals surface area contributed by atoms with Gasteiger partial charge in [0.2, 0.25) is 0 Å². The van der Waals surface area contributed by atoms with Crippen molar-refractivity contribution in [2.75, 3.05) is 25.0 Å². The van der Waals surface area contributed by atoms with Crippen LogP contribution in [0, 0.1) is 3.70 Å². The van der Waals surface area contributed by atoms with E-state index in [4.69, 9.17) is 0 Å². The first-order valence-corrected chi connectivity index (χ1v) is 7.28. The summed E-state index contributed by atoms with van der Waals surface area (Å²) in [4.78, 5) is 4.95. The summed E-state index contributed by atoms with van der Waals surface area (Å²) in [6, 6.07) is 5.61. The molecule has 2 aliphatic rings. The van der Waals surface area contributed by atoms with E-state index in [1.54, 1.807) is 0 Å². The molecule has 0 amide bonds. The normalized spacial score (nSPS) is 29.4. The molecule has 2 fully saturated rings. The number of nitrogens with zero attached hydrogens (tertiary/aromatic N) is 4. The van der Waals surface area contributed by atoms with E-state index in [2.05, 4.69) is 55.7 Å². The fourth-order valence-corrected chi connectivity index (χ4v) is 3.28. The van der Waals surface area contributed by atoms with Gasteiger partial charge >= 0.3 is 0 Å². The Morgan fingerprint density at radius 3 is 2.76 bits per heavy atom. The molecule has 0 N–H and O–H groups in total. The van der Waals surface area contributed by atoms with Gasteiger partial charge in [-0.1, -0.05) is 0 Å². The lowest BCUT2D eigenvalue weighted by atomic mass is 10.1. The molecule has 3 heterocycles. The van der Waals surface area contributed by atoms with Gasteiger partial charge in [-0.3, -0.25) is 4.90 Å². The minimum Gasteiger partial charge on any atom is -0.354 e. The molecular formula is C12H17IN4. The molecule has 4 nitrogen and oxygen atoms in total. The molecular weight excluding hydrogens is 327 g/mol. The van der Waals surface area contributed by atoms with Crippen LogP contribution in [-0.4, -0.2) is 47.3 Å². The van der Waals surface area contributed by atoms with Gasteiger partial charge in [0.25, 0.3) is 0 Å². The molecule has 2 saturated heterocycles. The third-order valence-corrected chi connectivity index (χ3v) is 4.67. The highest BCUT2D eigenvalue weighted by Gasteiger charge is 2.34. The van der Waals surface area contributed by atoms with E-state index < -0.39 is 0 Å². The Hall–Kier alpha value is -0.430. The number of anilines is 1. The standard InChI is InChI=1S/C12H17IN4/c1-16-9-2-3-10(16)8-17(7-6-9)12-5-4-11(13)14-15-12/h4-5,9-10H,2-3,6-8H2,1H3. The highest BCUT2D eigenvalue weighted by molar-refractivity contribution is 14.1. The molecule has 0 aliphatic carbocycles. The van der Waals surface area contributed by atoms with Crippen LogP contribution in [0.1, 0.15) is 19.3 Å². The molecule has 1 aromatic rings. The summed E-state index contributed by atoms with van der Waals surface area (Å²) in [5.74, 6) is 1.03. The molecule has 3 rings (SSSR count). The van der Waals surface area contributed by atoms with Gasteiger partial charge in [-0.25, -0.2) is 0 Å². The first-order chi connectivity index (χ1) is 8.24. The fourth-order valence-electron chi connectivity index (χ4n) is 2.99. The van der Waals surface area contributed by atoms with Crippen LogP contribution in [-0.2, 0) is 0 Å². The number of fused-ring (bicyclic) bond motifs is 2. The summed E-state index contributed by atoms with van der Waals surface area (Å²) in [6.07, 6.45) is 3.95. The summed E-state index contributed by atoms with van der Waals surface area (Å²) in [5, 5.41) is 8.45. The van der Waals surface area contributed by atoms with Crippen molar-refractivity contribution in [3.8, 4) is 0 Å². The van der Waals surface area contributed by atoms with Crippen LogP contribution in [0.4, 0.5) is 5.82 Å². The predicted molar refractivity (Wildman–Crippen MR) is 76.2 cm³/mol. The van der Waals surface area contributed by atoms with Gasteiger partial charge in [-0.2, -0.15) is 0 Å². The third-order valence-electron chi connectivity index (χ3n) is 4.09. The van der Waals surface area contributed by atoms with Crippen molar-refractivity contribution in [2.45, 2.75) is 31.3 Å². The Bertz CT molecular complexity index is 394. The lowest BCUT2D eigenvalue weighted by Gasteiger charge is -2.26. The molecule has 2 bridgehead atoms. The topological polar surface area (TPSA) is 32.3 Å². The lowest BCUT2D eigenvalue weighted by Crippen LogP contribution is -2.37. The quantitative estimate of drug-likeness (QED) is 0.727. The monoisotopic (exact) mass is 344 g/mol. The van der Waals surface area contributed by atoms with Crippen molar-refractivity contribution in [1.82, 2.24) is 15.1 Å². The molecule has 0 aromatic carbocycles. The molecule has 0 radical (unpaired) electrons. The zero-order chi connectivity index (χ0) is 11.8. The summed E-state index contributed by atoms with van der Waals surface area (Å²) in [5.41, 5.74) is 0. The molecule has 5 heteroatoms. The van der Waals surface area contributed by atoms with Gasteiger partial charge < -0.3 is 4.90 Å². The number of hydrogen-bond acceptors (Lipinski definition) is 4. The molecule has 0 spiro atoms. The number of rotatable bonds is 1. The Morgan fingerprint density at radius 1 is 1.18 bits per heavy atom. The van der Waals surface area contributed by atoms with Crippen LogP contribution >= 0.6 is 22.6 Å². The maximum absolute atomic E-state index is 4.30. The van der Waals surface area contributed by atoms with E-state index in [9.17, 15) is 0 Å². The van der Waals surface area contributed by atoms with E-state index in [1.807, 2.05) is 6.07 Å². The Balaban J connectivity index is 1.79. The minimum absolute atomic E-state index is 0.698. The summed E-state index contributed by atoms with van der Waals surface area (Å²) >= 11 is 2.20. The summed E-state index contributed by atoms with van der Waals surface area (Å²) < 4.78 is 0.958. The van der Waals surface area contributed by atoms with Crippen molar-refractivity contribution in [1.29, 1.82) is 0 Å². The third kappa shape index (κ3) is 2.27. The smallest absolute Gasteiger partial charge is 0.151 e. The number of hydrogen-bond donors (Lipinski definition) is 0. The summed E-state index contributed by atoms with van der Waals surface area (Å²) in [6.45, 7) is 2.21. The second-order valence-electron chi connectivity index (χ2n) is 5.00. The van der Waals surface area contributed by atoms with Crippen LogP contribution in [0.15, 0.2) is 12.1 Å². The summed E-state index contributed by atoms with van der Waals surface area (Å²) in [7, 11) is 2.27. The van der Waals surface area contributed by atoms with E-state index in [0.717, 1.165) is 28.6 Å². The Labute approximate surface area is 116 Å². The maximum Gasteiger partial charge on any atom is 0.151 e. The number of aromatic nitrogens is 2. The molecule has 2 unspecified atom stereocenters. The highest BCUT2D eigenvalue weighted by atomic mass is 127. The van der Waals surface area contributed by atoms with Crippen LogP contribution in [0.5, 0.6) is 0 Å². The van der Waals surface area contributed by atoms with E-state index in [0.29, 0.717) is 6.04 Å². The lowest BCUT2D eigenvalue weighted by molar-refractivity contribution is 0.254. The van der Waals surface area contributed by atoms with Gasteiger partial charge in [-0.15, -0.1) is 10.2 Å². The molecule has 1 aromatic heterocycles. The number of likely N-dealkylation sites (N-methyl/N-ethyl adjacent to an activating group) is 1. The minimum atomic E-state index is 0.698. The second kappa shape index (κ2) is 4.68. The van der Waals surface area contributed by atoms with Crippen molar-refractivity contribution in [3.63, 3.8) is 0 Å². The van der Waals surface area contributed by atoms with Crippen LogP contribution in [0.25, 0.3) is 0 Å². The van der Waals surface area contributed by atoms with Crippen LogP contribution in [0.2, 0.25) is 0 Å². The first kappa shape index (κ1) is 11.6. The zero-order valence-electron chi connectivity index (χ0n) is 10.0. The van der Waals surface area contributed by atoms with Crippen LogP contribution in [0.3, 0.4) is 0 Å². The van der Waals surface area contributed by atoms with Gasteiger partial charge in [-0.05, 0) is 61.0 Å². The Morgan fingerprint density at radius 2 is 2.00 bits per heavy atom. The van der Waals surface area contributed by atoms with E-state index in [1.165, 1.54) is 19.3 Å². The van der Waals surface area contributed by atoms with Gasteiger partial charge in [0.1, 0.15) is 3.70 Å². The van der Waals surface area contributed by atoms with E-state index >= 15 is 0 Å². The predicted octanol–water partition coefficient (Wildman–Crippen LogP) is 1.75. The van der Waals surface area contributed by atoms with Gasteiger partial charge in [0.15, 0.2) is 5.82 Å². The molecule has 2 aliphatic heterocycles. The van der Waals surface area contributed by atoms with Crippen molar-refractivity contribution in [2.24, 2.45) is 0 Å². The van der Waals surface area contributed by atoms with E-state index in [-0.39, 0.29) is 0 Å². The average molecular weight is 344 g/mol. The molecule has 0 saturated carbocycles. The average Bonchev–Trinajstić information content (AvgIpc) is 2.55. The van der Waals surface area contributed by atoms with Crippen molar-refractivity contribution < 1.29 is 0 Å². The number of halogens is 1. The van der Waals surface area contributed by atoms with Crippen molar-refractivity contribution >= 4 is 28.4 Å². The molecule has 17 heavy (non-hydrogen) atoms. The zero-order valence-corrected chi connectivity index (χ0v) is 12.2. The van der Waals surface area contributed by atoms with Crippen LogP contribution < -0.4 is 4.90 Å². The van der Waals surface area contributed by atoms with Gasteiger partial charge in [0, 0.05) is 25.2 Å². The maximum atomic E-state index is 4.30.